The Kier molecular flexibility index (Phi) is 2.88. The normalized spacial score (nSPS) is 22.1. The summed E-state index contributed by atoms with van der Waals surface area (Å²) in [5.41, 5.74) is 0.988. The molecule has 0 fully saturated rings. The second-order valence-corrected chi connectivity index (χ2v) is 5.68. The van der Waals surface area contributed by atoms with Crippen LogP contribution in [0.1, 0.15) is 18.6 Å². The molecule has 0 bridgehead atoms. The Labute approximate surface area is 110 Å². The van der Waals surface area contributed by atoms with Crippen molar-refractivity contribution in [2.75, 3.05) is 0 Å². The minimum atomic E-state index is -0.0296. The van der Waals surface area contributed by atoms with Crippen LogP contribution < -0.4 is 4.74 Å². The average Bonchev–Trinajstić information content (AvgIpc) is 2.39. The third kappa shape index (κ3) is 2.04. The van der Waals surface area contributed by atoms with Crippen LogP contribution in [0.25, 0.3) is 0 Å². The van der Waals surface area contributed by atoms with Crippen molar-refractivity contribution in [1.82, 2.24) is 4.98 Å². The predicted molar refractivity (Wildman–Crippen MR) is 71.0 cm³/mol. The van der Waals surface area contributed by atoms with Crippen LogP contribution in [0.3, 0.4) is 0 Å². The third-order valence-electron chi connectivity index (χ3n) is 2.94. The number of hydrogen-bond donors (Lipinski definition) is 1. The van der Waals surface area contributed by atoms with Gasteiger partial charge in [-0.3, -0.25) is 0 Å². The highest BCUT2D eigenvalue weighted by atomic mass is 32.2. The van der Waals surface area contributed by atoms with Crippen LogP contribution >= 0.6 is 11.8 Å². The molecular formula is C14H13NO2S. The number of hydrogen-bond acceptors (Lipinski definition) is 4. The molecule has 4 heteroatoms. The number of nitrogens with zero attached hydrogens (tertiary/aromatic N) is 1. The zero-order valence-electron chi connectivity index (χ0n) is 9.91. The smallest absolute Gasteiger partial charge is 0.210 e. The van der Waals surface area contributed by atoms with E-state index in [0.29, 0.717) is 5.25 Å². The monoisotopic (exact) mass is 259 g/mol. The maximum atomic E-state index is 9.22. The molecule has 0 saturated carbocycles. The number of fused-ring (bicyclic) bond motifs is 1. The van der Waals surface area contributed by atoms with Gasteiger partial charge in [0.1, 0.15) is 11.9 Å². The van der Waals surface area contributed by atoms with Crippen molar-refractivity contribution in [3.05, 3.63) is 48.2 Å². The molecule has 2 aromatic rings. The molecule has 1 aromatic carbocycles. The summed E-state index contributed by atoms with van der Waals surface area (Å²) < 4.78 is 6.03. The highest BCUT2D eigenvalue weighted by Crippen LogP contribution is 2.44. The van der Waals surface area contributed by atoms with Gasteiger partial charge in [-0.05, 0) is 25.1 Å². The number of thioether (sulfide) groups is 1. The lowest BCUT2D eigenvalue weighted by molar-refractivity contribution is 0.195. The Morgan fingerprint density at radius 1 is 1.22 bits per heavy atom. The van der Waals surface area contributed by atoms with Crippen molar-refractivity contribution < 1.29 is 9.84 Å². The van der Waals surface area contributed by atoms with E-state index >= 15 is 0 Å². The molecule has 2 heterocycles. The predicted octanol–water partition coefficient (Wildman–Crippen LogP) is 3.40. The van der Waals surface area contributed by atoms with Crippen molar-refractivity contribution in [3.63, 3.8) is 0 Å². The van der Waals surface area contributed by atoms with Crippen molar-refractivity contribution in [3.8, 4) is 11.6 Å². The van der Waals surface area contributed by atoms with Crippen LogP contribution in [-0.4, -0.2) is 15.3 Å². The van der Waals surface area contributed by atoms with Crippen LogP contribution in [0.5, 0.6) is 11.6 Å². The second-order valence-electron chi connectivity index (χ2n) is 4.26. The Hall–Kier alpha value is -1.68. The summed E-state index contributed by atoms with van der Waals surface area (Å²) in [5, 5.41) is 9.53. The lowest BCUT2D eigenvalue weighted by Crippen LogP contribution is -2.22. The van der Waals surface area contributed by atoms with Gasteiger partial charge in [0.25, 0.3) is 0 Å². The molecule has 92 valence electrons. The summed E-state index contributed by atoms with van der Waals surface area (Å²) in [5.74, 6) is 0.953. The molecule has 1 aromatic heterocycles. The van der Waals surface area contributed by atoms with E-state index in [9.17, 15) is 5.11 Å². The Morgan fingerprint density at radius 3 is 2.83 bits per heavy atom. The van der Waals surface area contributed by atoms with Gasteiger partial charge in [-0.2, -0.15) is 0 Å². The summed E-state index contributed by atoms with van der Waals surface area (Å²) in [6, 6.07) is 11.5. The van der Waals surface area contributed by atoms with E-state index in [1.165, 1.54) is 4.90 Å². The minimum absolute atomic E-state index is 0.0296. The van der Waals surface area contributed by atoms with Gasteiger partial charge >= 0.3 is 0 Å². The van der Waals surface area contributed by atoms with E-state index in [4.69, 9.17) is 4.74 Å². The number of para-hydroxylation sites is 1. The van der Waals surface area contributed by atoms with Gasteiger partial charge in [-0.15, -0.1) is 11.8 Å². The molecule has 0 saturated heterocycles. The first-order valence-electron chi connectivity index (χ1n) is 5.81. The number of aromatic hydroxyl groups is 1. The Bertz CT molecular complexity index is 556. The number of pyridine rings is 1. The van der Waals surface area contributed by atoms with Crippen LogP contribution in [0.4, 0.5) is 0 Å². The van der Waals surface area contributed by atoms with Crippen LogP contribution in [0, 0.1) is 0 Å². The summed E-state index contributed by atoms with van der Waals surface area (Å²) >= 11 is 1.80. The standard InChI is InChI=1S/C14H13NO2S/c1-9-14(10-6-7-13(16)15-8-10)17-11-4-2-3-5-12(11)18-9/h2-9,14H,1H3,(H,15,16)/t9-,14+/m0/s1. The first-order chi connectivity index (χ1) is 8.74. The van der Waals surface area contributed by atoms with Gasteiger partial charge in [0, 0.05) is 28.0 Å². The fraction of sp³-hybridized carbons (Fsp3) is 0.214. The zero-order valence-corrected chi connectivity index (χ0v) is 10.7. The molecule has 0 amide bonds. The summed E-state index contributed by atoms with van der Waals surface area (Å²) in [6.45, 7) is 2.14. The van der Waals surface area contributed by atoms with Crippen molar-refractivity contribution >= 4 is 11.8 Å². The minimum Gasteiger partial charge on any atom is -0.493 e. The van der Waals surface area contributed by atoms with E-state index in [1.807, 2.05) is 24.3 Å². The summed E-state index contributed by atoms with van der Waals surface area (Å²) in [7, 11) is 0. The summed E-state index contributed by atoms with van der Waals surface area (Å²) in [6.07, 6.45) is 1.64. The maximum absolute atomic E-state index is 9.22. The number of aromatic nitrogens is 1. The molecule has 18 heavy (non-hydrogen) atoms. The quantitative estimate of drug-likeness (QED) is 0.852. The molecular weight excluding hydrogens is 246 g/mol. The Morgan fingerprint density at radius 2 is 2.06 bits per heavy atom. The van der Waals surface area contributed by atoms with Gasteiger partial charge < -0.3 is 9.84 Å². The third-order valence-corrected chi connectivity index (χ3v) is 4.15. The van der Waals surface area contributed by atoms with E-state index < -0.39 is 0 Å². The topological polar surface area (TPSA) is 42.4 Å². The molecule has 0 aliphatic carbocycles. The summed E-state index contributed by atoms with van der Waals surface area (Å²) in [4.78, 5) is 5.09. The second kappa shape index (κ2) is 4.53. The zero-order chi connectivity index (χ0) is 12.5. The van der Waals surface area contributed by atoms with Gasteiger partial charge in [-0.25, -0.2) is 4.98 Å². The average molecular weight is 259 g/mol. The molecule has 1 N–H and O–H groups in total. The first kappa shape index (κ1) is 11.4. The van der Waals surface area contributed by atoms with E-state index in [0.717, 1.165) is 11.3 Å². The van der Waals surface area contributed by atoms with E-state index in [1.54, 1.807) is 24.0 Å². The van der Waals surface area contributed by atoms with Crippen molar-refractivity contribution in [2.24, 2.45) is 0 Å². The molecule has 2 atom stereocenters. The Balaban J connectivity index is 1.93. The number of ether oxygens (including phenoxy) is 1. The largest absolute Gasteiger partial charge is 0.493 e. The lowest BCUT2D eigenvalue weighted by Gasteiger charge is -2.31. The van der Waals surface area contributed by atoms with Crippen LogP contribution in [-0.2, 0) is 0 Å². The SMILES string of the molecule is C[C@@H]1Sc2ccccc2O[C@H]1c1ccc(O)nc1. The molecule has 1 aliphatic rings. The molecule has 3 rings (SSSR count). The fourth-order valence-electron chi connectivity index (χ4n) is 2.04. The van der Waals surface area contributed by atoms with Gasteiger partial charge in [0.15, 0.2) is 0 Å². The van der Waals surface area contributed by atoms with E-state index in [-0.39, 0.29) is 12.0 Å². The first-order valence-corrected chi connectivity index (χ1v) is 6.69. The van der Waals surface area contributed by atoms with Crippen molar-refractivity contribution in [1.29, 1.82) is 0 Å². The van der Waals surface area contributed by atoms with Gasteiger partial charge in [0.05, 0.1) is 0 Å². The fourth-order valence-corrected chi connectivity index (χ4v) is 3.17. The van der Waals surface area contributed by atoms with E-state index in [2.05, 4.69) is 18.0 Å². The number of rotatable bonds is 1. The highest BCUT2D eigenvalue weighted by Gasteiger charge is 2.28. The highest BCUT2D eigenvalue weighted by molar-refractivity contribution is 8.00. The lowest BCUT2D eigenvalue weighted by atomic mass is 10.1. The van der Waals surface area contributed by atoms with Crippen LogP contribution in [0.15, 0.2) is 47.5 Å². The maximum Gasteiger partial charge on any atom is 0.210 e. The van der Waals surface area contributed by atoms with Gasteiger partial charge in [0.2, 0.25) is 5.88 Å². The molecule has 0 spiro atoms. The molecule has 0 unspecified atom stereocenters. The van der Waals surface area contributed by atoms with Gasteiger partial charge in [-0.1, -0.05) is 12.1 Å². The molecule has 1 aliphatic heterocycles. The molecule has 3 nitrogen and oxygen atoms in total. The van der Waals surface area contributed by atoms with Crippen molar-refractivity contribution in [2.45, 2.75) is 23.2 Å². The number of benzene rings is 1. The van der Waals surface area contributed by atoms with Crippen LogP contribution in [0.2, 0.25) is 0 Å². The molecule has 0 radical (unpaired) electrons.